The Morgan fingerprint density at radius 1 is 1.31 bits per heavy atom. The molecule has 1 aliphatic heterocycles. The smallest absolute Gasteiger partial charge is 0.209 e. The summed E-state index contributed by atoms with van der Waals surface area (Å²) in [5.41, 5.74) is -0.601. The number of rotatable bonds is 7. The third kappa shape index (κ3) is 7.87. The van der Waals surface area contributed by atoms with E-state index in [0.29, 0.717) is 19.0 Å². The molecule has 1 aromatic rings. The number of benzene rings is 1. The molecular weight excluding hydrogens is 400 g/mol. The average molecular weight is 432 g/mol. The molecule has 0 spiro atoms. The van der Waals surface area contributed by atoms with Crippen LogP contribution in [0.1, 0.15) is 32.3 Å². The maximum absolute atomic E-state index is 13.9. The van der Waals surface area contributed by atoms with Crippen LogP contribution in [-0.4, -0.2) is 63.8 Å². The normalized spacial score (nSPS) is 19.2. The molecule has 0 aliphatic carbocycles. The molecular formula is C19H31F2N5O2S. The van der Waals surface area contributed by atoms with Gasteiger partial charge in [0.15, 0.2) is 5.96 Å². The highest BCUT2D eigenvalue weighted by Gasteiger charge is 2.25. The van der Waals surface area contributed by atoms with Crippen molar-refractivity contribution in [3.05, 3.63) is 35.4 Å². The molecule has 1 unspecified atom stereocenters. The van der Waals surface area contributed by atoms with Crippen molar-refractivity contribution in [2.75, 3.05) is 32.9 Å². The van der Waals surface area contributed by atoms with Crippen LogP contribution in [0.15, 0.2) is 23.2 Å². The molecule has 7 nitrogen and oxygen atoms in total. The van der Waals surface area contributed by atoms with Gasteiger partial charge in [-0.1, -0.05) is 6.07 Å². The molecule has 1 heterocycles. The Hall–Kier alpha value is -1.78. The van der Waals surface area contributed by atoms with Crippen molar-refractivity contribution in [1.29, 1.82) is 0 Å². The van der Waals surface area contributed by atoms with E-state index in [0.717, 1.165) is 25.6 Å². The molecule has 29 heavy (non-hydrogen) atoms. The van der Waals surface area contributed by atoms with Gasteiger partial charge < -0.3 is 10.6 Å². The fourth-order valence-electron chi connectivity index (χ4n) is 3.45. The van der Waals surface area contributed by atoms with Gasteiger partial charge in [0.25, 0.3) is 0 Å². The van der Waals surface area contributed by atoms with E-state index < -0.39 is 27.2 Å². The largest absolute Gasteiger partial charge is 0.355 e. The molecule has 1 aliphatic rings. The molecule has 0 radical (unpaired) electrons. The summed E-state index contributed by atoms with van der Waals surface area (Å²) in [6.45, 7) is 5.51. The van der Waals surface area contributed by atoms with Crippen LogP contribution in [-0.2, 0) is 16.6 Å². The average Bonchev–Trinajstić information content (AvgIpc) is 2.60. The third-order valence-corrected chi connectivity index (χ3v) is 5.60. The lowest BCUT2D eigenvalue weighted by atomic mass is 10.0. The van der Waals surface area contributed by atoms with E-state index in [-0.39, 0.29) is 18.2 Å². The Morgan fingerprint density at radius 2 is 1.97 bits per heavy atom. The number of nitrogens with one attached hydrogen (secondary N) is 3. The Morgan fingerprint density at radius 3 is 2.55 bits per heavy atom. The molecule has 0 bridgehead atoms. The number of likely N-dealkylation sites (tertiary alicyclic amines) is 1. The number of sulfonamides is 1. The summed E-state index contributed by atoms with van der Waals surface area (Å²) in [5, 5.41) is 6.45. The second-order valence-corrected chi connectivity index (χ2v) is 9.85. The van der Waals surface area contributed by atoms with E-state index in [4.69, 9.17) is 0 Å². The van der Waals surface area contributed by atoms with Crippen LogP contribution in [0, 0.1) is 11.6 Å². The van der Waals surface area contributed by atoms with Crippen LogP contribution in [0.5, 0.6) is 0 Å². The van der Waals surface area contributed by atoms with E-state index in [1.165, 1.54) is 18.2 Å². The van der Waals surface area contributed by atoms with Gasteiger partial charge in [-0.2, -0.15) is 0 Å². The van der Waals surface area contributed by atoms with Gasteiger partial charge in [0.2, 0.25) is 10.0 Å². The van der Waals surface area contributed by atoms with Crippen molar-refractivity contribution in [2.45, 2.75) is 44.8 Å². The summed E-state index contributed by atoms with van der Waals surface area (Å²) in [4.78, 5) is 6.22. The van der Waals surface area contributed by atoms with Crippen molar-refractivity contribution in [2.24, 2.45) is 4.99 Å². The molecule has 1 aromatic carbocycles. The monoisotopic (exact) mass is 431 g/mol. The number of aliphatic imine (C=N–C) groups is 1. The molecule has 1 fully saturated rings. The quantitative estimate of drug-likeness (QED) is 0.449. The summed E-state index contributed by atoms with van der Waals surface area (Å²) < 4.78 is 53.4. The van der Waals surface area contributed by atoms with Gasteiger partial charge in [0.05, 0.1) is 6.26 Å². The SMILES string of the molecule is CN=C(NCC(C)(C)NS(C)(=O)=O)NC1CCCN(Cc2c(F)cccc2F)C1. The highest BCUT2D eigenvalue weighted by atomic mass is 32.2. The summed E-state index contributed by atoms with van der Waals surface area (Å²) in [7, 11) is -1.69. The van der Waals surface area contributed by atoms with Gasteiger partial charge in [-0.3, -0.25) is 9.89 Å². The number of hydrogen-bond acceptors (Lipinski definition) is 4. The lowest BCUT2D eigenvalue weighted by Crippen LogP contribution is -2.56. The fourth-order valence-corrected chi connectivity index (χ4v) is 4.53. The predicted octanol–water partition coefficient (Wildman–Crippen LogP) is 1.42. The molecule has 3 N–H and O–H groups in total. The zero-order valence-corrected chi connectivity index (χ0v) is 18.2. The first-order valence-electron chi connectivity index (χ1n) is 9.60. The Balaban J connectivity index is 1.91. The van der Waals surface area contributed by atoms with Crippen LogP contribution in [0.25, 0.3) is 0 Å². The zero-order chi connectivity index (χ0) is 21.7. The van der Waals surface area contributed by atoms with E-state index in [1.807, 2.05) is 4.90 Å². The van der Waals surface area contributed by atoms with Crippen LogP contribution < -0.4 is 15.4 Å². The topological polar surface area (TPSA) is 85.8 Å². The van der Waals surface area contributed by atoms with Gasteiger partial charge in [-0.25, -0.2) is 21.9 Å². The minimum Gasteiger partial charge on any atom is -0.355 e. The molecule has 164 valence electrons. The van der Waals surface area contributed by atoms with Crippen molar-refractivity contribution in [1.82, 2.24) is 20.3 Å². The fraction of sp³-hybridized carbons (Fsp3) is 0.632. The van der Waals surface area contributed by atoms with Crippen LogP contribution in [0.2, 0.25) is 0 Å². The van der Waals surface area contributed by atoms with Crippen molar-refractivity contribution in [3.63, 3.8) is 0 Å². The molecule has 0 amide bonds. The lowest BCUT2D eigenvalue weighted by molar-refractivity contribution is 0.188. The summed E-state index contributed by atoms with van der Waals surface area (Å²) in [5.74, 6) is -0.506. The maximum Gasteiger partial charge on any atom is 0.209 e. The summed E-state index contributed by atoms with van der Waals surface area (Å²) >= 11 is 0. The number of halogens is 2. The van der Waals surface area contributed by atoms with Crippen molar-refractivity contribution < 1.29 is 17.2 Å². The number of guanidine groups is 1. The highest BCUT2D eigenvalue weighted by Crippen LogP contribution is 2.18. The third-order valence-electron chi connectivity index (χ3n) is 4.67. The van der Waals surface area contributed by atoms with Gasteiger partial charge in [0.1, 0.15) is 11.6 Å². The van der Waals surface area contributed by atoms with Gasteiger partial charge in [0, 0.05) is 43.8 Å². The standard InChI is InChI=1S/C19H31F2N5O2S/c1-19(2,25-29(4,27)28)13-23-18(22-3)24-14-7-6-10-26(11-14)12-15-16(20)8-5-9-17(15)21/h5,8-9,14,25H,6-7,10-13H2,1-4H3,(H2,22,23,24). The molecule has 1 saturated heterocycles. The van der Waals surface area contributed by atoms with Gasteiger partial charge in [-0.05, 0) is 45.4 Å². The second kappa shape index (κ2) is 9.82. The number of piperidine rings is 1. The Labute approximate surface area is 172 Å². The molecule has 10 heteroatoms. The van der Waals surface area contributed by atoms with Crippen molar-refractivity contribution in [3.8, 4) is 0 Å². The highest BCUT2D eigenvalue weighted by molar-refractivity contribution is 7.88. The minimum absolute atomic E-state index is 0.0655. The van der Waals surface area contributed by atoms with Crippen LogP contribution >= 0.6 is 0 Å². The zero-order valence-electron chi connectivity index (χ0n) is 17.4. The minimum atomic E-state index is -3.33. The van der Waals surface area contributed by atoms with Crippen LogP contribution in [0.4, 0.5) is 8.78 Å². The van der Waals surface area contributed by atoms with E-state index >= 15 is 0 Å². The predicted molar refractivity (Wildman–Crippen MR) is 111 cm³/mol. The Kier molecular flexibility index (Phi) is 7.95. The number of nitrogens with zero attached hydrogens (tertiary/aromatic N) is 2. The van der Waals surface area contributed by atoms with E-state index in [9.17, 15) is 17.2 Å². The Bertz CT molecular complexity index is 810. The first-order chi connectivity index (χ1) is 13.5. The molecule has 0 saturated carbocycles. The van der Waals surface area contributed by atoms with E-state index in [1.54, 1.807) is 20.9 Å². The van der Waals surface area contributed by atoms with Crippen molar-refractivity contribution >= 4 is 16.0 Å². The van der Waals surface area contributed by atoms with E-state index in [2.05, 4.69) is 20.3 Å². The van der Waals surface area contributed by atoms with Crippen LogP contribution in [0.3, 0.4) is 0 Å². The first kappa shape index (κ1) is 23.5. The summed E-state index contributed by atoms with van der Waals surface area (Å²) in [6.07, 6.45) is 2.92. The lowest BCUT2D eigenvalue weighted by Gasteiger charge is -2.34. The summed E-state index contributed by atoms with van der Waals surface area (Å²) in [6, 6.07) is 3.98. The second-order valence-electron chi connectivity index (χ2n) is 8.10. The molecule has 2 rings (SSSR count). The number of hydrogen-bond donors (Lipinski definition) is 3. The van der Waals surface area contributed by atoms with Gasteiger partial charge >= 0.3 is 0 Å². The molecule has 1 atom stereocenters. The first-order valence-corrected chi connectivity index (χ1v) is 11.5. The maximum atomic E-state index is 13.9. The molecule has 0 aromatic heterocycles. The van der Waals surface area contributed by atoms with Gasteiger partial charge in [-0.15, -0.1) is 0 Å².